The average molecular weight is 279 g/mol. The fraction of sp³-hybridized carbons (Fsp3) is 0.455. The Hall–Kier alpha value is -0.510. The molecule has 0 aliphatic heterocycles. The fourth-order valence-corrected chi connectivity index (χ4v) is 2.66. The van der Waals surface area contributed by atoms with E-state index >= 15 is 0 Å². The Morgan fingerprint density at radius 2 is 1.60 bits per heavy atom. The molecule has 0 nitrogen and oxygen atoms in total. The van der Waals surface area contributed by atoms with Crippen LogP contribution in [-0.2, 0) is 19.0 Å². The predicted molar refractivity (Wildman–Crippen MR) is 55.8 cm³/mol. The summed E-state index contributed by atoms with van der Waals surface area (Å²) in [5.41, 5.74) is 0.875. The molecule has 1 aliphatic carbocycles. The van der Waals surface area contributed by atoms with Crippen LogP contribution in [0.5, 0.6) is 0 Å². The molecule has 1 aliphatic rings. The topological polar surface area (TPSA) is 0 Å². The van der Waals surface area contributed by atoms with Gasteiger partial charge < -0.3 is 0 Å². The van der Waals surface area contributed by atoms with E-state index in [0.29, 0.717) is 12.0 Å². The maximum atomic E-state index is 12.7. The highest BCUT2D eigenvalue weighted by atomic mass is 79.9. The molecule has 0 bridgehead atoms. The molecule has 0 amide bonds. The number of hydrogen-bond donors (Lipinski definition) is 0. The molecule has 15 heavy (non-hydrogen) atoms. The Kier molecular flexibility index (Phi) is 2.79. The number of benzene rings is 1. The van der Waals surface area contributed by atoms with Gasteiger partial charge in [0.25, 0.3) is 0 Å². The van der Waals surface area contributed by atoms with Gasteiger partial charge in [-0.3, -0.25) is 0 Å². The minimum absolute atomic E-state index is 0.458. The second-order valence-corrected chi connectivity index (χ2v) is 4.61. The third-order valence-corrected chi connectivity index (χ3v) is 3.53. The molecule has 0 aromatic heterocycles. The van der Waals surface area contributed by atoms with E-state index in [4.69, 9.17) is 0 Å². The molecule has 4 heteroatoms. The van der Waals surface area contributed by atoms with Gasteiger partial charge in [0, 0.05) is 4.47 Å². The van der Waals surface area contributed by atoms with Crippen LogP contribution < -0.4 is 0 Å². The summed E-state index contributed by atoms with van der Waals surface area (Å²) in [6, 6.07) is 2.68. The van der Waals surface area contributed by atoms with Crippen LogP contribution in [0, 0.1) is 0 Å². The summed E-state index contributed by atoms with van der Waals surface area (Å²) in [6.07, 6.45) is -1.09. The smallest absolute Gasteiger partial charge is 0.166 e. The predicted octanol–water partition coefficient (Wildman–Crippen LogP) is 4.35. The van der Waals surface area contributed by atoms with Crippen LogP contribution in [0.1, 0.15) is 29.5 Å². The summed E-state index contributed by atoms with van der Waals surface area (Å²) in [4.78, 5) is 0. The van der Waals surface area contributed by atoms with Crippen molar-refractivity contribution < 1.29 is 13.2 Å². The van der Waals surface area contributed by atoms with Gasteiger partial charge in [0.2, 0.25) is 0 Å². The van der Waals surface area contributed by atoms with Gasteiger partial charge in [-0.15, -0.1) is 0 Å². The molecule has 1 aromatic carbocycles. The van der Waals surface area contributed by atoms with Crippen LogP contribution in [-0.4, -0.2) is 0 Å². The molecular weight excluding hydrogens is 269 g/mol. The minimum atomic E-state index is -4.22. The zero-order valence-corrected chi connectivity index (χ0v) is 9.58. The molecule has 0 fully saturated rings. The normalized spacial score (nSPS) is 16.3. The molecule has 0 heterocycles. The molecule has 2 rings (SSSR count). The van der Waals surface area contributed by atoms with E-state index < -0.39 is 11.7 Å². The Morgan fingerprint density at radius 3 is 2.20 bits per heavy atom. The summed E-state index contributed by atoms with van der Waals surface area (Å²) in [5.74, 6) is 0. The van der Waals surface area contributed by atoms with Gasteiger partial charge in [-0.2, -0.15) is 13.2 Å². The lowest BCUT2D eigenvalue weighted by atomic mass is 9.88. The maximum Gasteiger partial charge on any atom is 0.416 e. The lowest BCUT2D eigenvalue weighted by Crippen LogP contribution is -2.14. The van der Waals surface area contributed by atoms with E-state index in [-0.39, 0.29) is 0 Å². The van der Waals surface area contributed by atoms with Crippen LogP contribution in [0.2, 0.25) is 0 Å². The number of alkyl halides is 3. The van der Waals surface area contributed by atoms with Crippen molar-refractivity contribution >= 4 is 15.9 Å². The molecule has 0 saturated carbocycles. The van der Waals surface area contributed by atoms with Crippen molar-refractivity contribution in [3.05, 3.63) is 33.3 Å². The summed E-state index contributed by atoms with van der Waals surface area (Å²) in [7, 11) is 0. The monoisotopic (exact) mass is 278 g/mol. The van der Waals surface area contributed by atoms with E-state index in [1.807, 2.05) is 0 Å². The molecule has 0 saturated heterocycles. The Morgan fingerprint density at radius 1 is 1.00 bits per heavy atom. The van der Waals surface area contributed by atoms with Crippen LogP contribution in [0.15, 0.2) is 16.6 Å². The highest BCUT2D eigenvalue weighted by Gasteiger charge is 2.35. The zero-order valence-electron chi connectivity index (χ0n) is 7.99. The number of halogens is 4. The van der Waals surface area contributed by atoms with Crippen LogP contribution in [0.25, 0.3) is 0 Å². The third kappa shape index (κ3) is 2.05. The molecule has 0 radical (unpaired) electrons. The third-order valence-electron chi connectivity index (χ3n) is 2.78. The van der Waals surface area contributed by atoms with Gasteiger partial charge in [0.05, 0.1) is 5.56 Å². The van der Waals surface area contributed by atoms with Gasteiger partial charge >= 0.3 is 6.18 Å². The highest BCUT2D eigenvalue weighted by Crippen LogP contribution is 2.38. The first-order valence-electron chi connectivity index (χ1n) is 4.87. The van der Waals surface area contributed by atoms with Gasteiger partial charge in [-0.05, 0) is 48.9 Å². The van der Waals surface area contributed by atoms with E-state index in [2.05, 4.69) is 15.9 Å². The molecule has 1 aromatic rings. The summed E-state index contributed by atoms with van der Waals surface area (Å²) < 4.78 is 38.9. The quantitative estimate of drug-likeness (QED) is 0.662. The molecule has 0 atom stereocenters. The first kappa shape index (κ1) is 11.0. The average Bonchev–Trinajstić information content (AvgIpc) is 2.17. The minimum Gasteiger partial charge on any atom is -0.166 e. The number of fused-ring (bicyclic) bond motifs is 1. The number of hydrogen-bond acceptors (Lipinski definition) is 0. The van der Waals surface area contributed by atoms with Crippen molar-refractivity contribution in [2.24, 2.45) is 0 Å². The van der Waals surface area contributed by atoms with Crippen molar-refractivity contribution in [2.75, 3.05) is 0 Å². The Bertz CT molecular complexity index is 382. The van der Waals surface area contributed by atoms with E-state index in [0.717, 1.165) is 29.3 Å². The molecule has 0 spiro atoms. The number of rotatable bonds is 0. The van der Waals surface area contributed by atoms with Gasteiger partial charge in [0.1, 0.15) is 0 Å². The Labute approximate surface area is 94.6 Å². The van der Waals surface area contributed by atoms with Crippen molar-refractivity contribution in [3.63, 3.8) is 0 Å². The zero-order chi connectivity index (χ0) is 11.1. The van der Waals surface area contributed by atoms with Gasteiger partial charge in [0.15, 0.2) is 0 Å². The van der Waals surface area contributed by atoms with E-state index in [1.165, 1.54) is 12.1 Å². The largest absolute Gasteiger partial charge is 0.416 e. The first-order valence-corrected chi connectivity index (χ1v) is 5.67. The van der Waals surface area contributed by atoms with Crippen molar-refractivity contribution in [1.82, 2.24) is 0 Å². The second-order valence-electron chi connectivity index (χ2n) is 3.76. The summed E-state index contributed by atoms with van der Waals surface area (Å²) >= 11 is 3.32. The van der Waals surface area contributed by atoms with Crippen molar-refractivity contribution in [1.29, 1.82) is 0 Å². The van der Waals surface area contributed by atoms with Crippen LogP contribution in [0.3, 0.4) is 0 Å². The fourth-order valence-electron chi connectivity index (χ4n) is 2.09. The molecule has 0 N–H and O–H groups in total. The van der Waals surface area contributed by atoms with Crippen molar-refractivity contribution in [3.8, 4) is 0 Å². The lowest BCUT2D eigenvalue weighted by Gasteiger charge is -2.22. The summed E-state index contributed by atoms with van der Waals surface area (Å²) in [6.45, 7) is 0. The Balaban J connectivity index is 2.58. The molecule has 0 unspecified atom stereocenters. The van der Waals surface area contributed by atoms with E-state index in [9.17, 15) is 13.2 Å². The van der Waals surface area contributed by atoms with E-state index in [1.54, 1.807) is 0 Å². The maximum absolute atomic E-state index is 12.7. The van der Waals surface area contributed by atoms with Gasteiger partial charge in [-0.1, -0.05) is 15.9 Å². The van der Waals surface area contributed by atoms with Crippen LogP contribution >= 0.6 is 15.9 Å². The van der Waals surface area contributed by atoms with Crippen LogP contribution in [0.4, 0.5) is 13.2 Å². The second kappa shape index (κ2) is 3.81. The lowest BCUT2D eigenvalue weighted by molar-refractivity contribution is -0.138. The standard InChI is InChI=1S/C11H10BrF3/c12-10-6-5-9(11(13,14)15)7-3-1-2-4-8(7)10/h5-6H,1-4H2. The summed E-state index contributed by atoms with van der Waals surface area (Å²) in [5, 5.41) is 0. The van der Waals surface area contributed by atoms with Crippen molar-refractivity contribution in [2.45, 2.75) is 31.9 Å². The molecular formula is C11H10BrF3. The SMILES string of the molecule is FC(F)(F)c1ccc(Br)c2c1CCCC2. The molecule has 82 valence electrons. The van der Waals surface area contributed by atoms with Gasteiger partial charge in [-0.25, -0.2) is 0 Å². The highest BCUT2D eigenvalue weighted by molar-refractivity contribution is 9.10. The first-order chi connectivity index (χ1) is 7.00.